The molecule has 7 nitrogen and oxygen atoms in total. The van der Waals surface area contributed by atoms with E-state index in [1.54, 1.807) is 42.5 Å². The molecule has 3 aromatic rings. The molecule has 0 aliphatic heterocycles. The van der Waals surface area contributed by atoms with E-state index in [1.807, 2.05) is 0 Å². The monoisotopic (exact) mass is 311 g/mol. The van der Waals surface area contributed by atoms with Crippen LogP contribution in [0.5, 0.6) is 0 Å². The number of nitrogens with one attached hydrogen (secondary N) is 1. The first-order chi connectivity index (χ1) is 11.1. The Balaban J connectivity index is 1.86. The maximum absolute atomic E-state index is 12.2. The molecule has 0 radical (unpaired) electrons. The van der Waals surface area contributed by atoms with E-state index in [4.69, 9.17) is 10.2 Å². The van der Waals surface area contributed by atoms with Crippen LogP contribution in [0.15, 0.2) is 57.7 Å². The molecule has 7 heteroatoms. The number of benzene rings is 2. The molecule has 2 amide bonds. The predicted molar refractivity (Wildman–Crippen MR) is 84.1 cm³/mol. The third kappa shape index (κ3) is 2.84. The molecular weight excluding hydrogens is 298 g/mol. The first-order valence-electron chi connectivity index (χ1n) is 6.83. The normalized spacial score (nSPS) is 10.6. The van der Waals surface area contributed by atoms with Crippen molar-refractivity contribution in [1.29, 1.82) is 0 Å². The van der Waals surface area contributed by atoms with Gasteiger partial charge in [-0.05, 0) is 24.3 Å². The minimum Gasteiger partial charge on any atom is -0.408 e. The molecule has 0 aliphatic rings. The van der Waals surface area contributed by atoms with Gasteiger partial charge in [0.2, 0.25) is 5.91 Å². The van der Waals surface area contributed by atoms with E-state index in [0.717, 1.165) is 0 Å². The third-order valence-corrected chi connectivity index (χ3v) is 3.34. The molecule has 0 aliphatic carbocycles. The van der Waals surface area contributed by atoms with Gasteiger partial charge < -0.3 is 15.5 Å². The lowest BCUT2D eigenvalue weighted by Gasteiger charge is -2.08. The smallest absolute Gasteiger partial charge is 0.408 e. The lowest BCUT2D eigenvalue weighted by molar-refractivity contribution is -0.116. The number of aromatic nitrogens is 1. The topological polar surface area (TPSA) is 107 Å². The Labute approximate surface area is 130 Å². The van der Waals surface area contributed by atoms with E-state index >= 15 is 0 Å². The summed E-state index contributed by atoms with van der Waals surface area (Å²) in [5.41, 5.74) is 6.69. The number of amides is 2. The number of rotatable bonds is 4. The molecule has 3 rings (SSSR count). The first-order valence-corrected chi connectivity index (χ1v) is 6.83. The van der Waals surface area contributed by atoms with Crippen molar-refractivity contribution in [3.8, 4) is 0 Å². The molecule has 3 N–H and O–H groups in total. The van der Waals surface area contributed by atoms with Crippen molar-refractivity contribution in [3.05, 3.63) is 64.6 Å². The van der Waals surface area contributed by atoms with E-state index in [9.17, 15) is 14.4 Å². The number of nitrogens with zero attached hydrogens (tertiary/aromatic N) is 1. The lowest BCUT2D eigenvalue weighted by atomic mass is 10.1. The highest BCUT2D eigenvalue weighted by Crippen LogP contribution is 2.15. The highest BCUT2D eigenvalue weighted by Gasteiger charge is 2.14. The summed E-state index contributed by atoms with van der Waals surface area (Å²) in [7, 11) is 0. The van der Waals surface area contributed by atoms with Gasteiger partial charge in [-0.2, -0.15) is 0 Å². The summed E-state index contributed by atoms with van der Waals surface area (Å²) in [5.74, 6) is -1.73. The number of hydrogen-bond donors (Lipinski definition) is 2. The van der Waals surface area contributed by atoms with E-state index in [1.165, 1.54) is 10.6 Å². The zero-order valence-corrected chi connectivity index (χ0v) is 12.0. The second kappa shape index (κ2) is 5.80. The van der Waals surface area contributed by atoms with Gasteiger partial charge in [0.25, 0.3) is 5.91 Å². The Morgan fingerprint density at radius 2 is 1.78 bits per heavy atom. The number of carbonyl (C=O) groups excluding carboxylic acids is 2. The Kier molecular flexibility index (Phi) is 3.68. The van der Waals surface area contributed by atoms with Crippen molar-refractivity contribution in [2.45, 2.75) is 6.54 Å². The fourth-order valence-electron chi connectivity index (χ4n) is 2.30. The van der Waals surface area contributed by atoms with Crippen molar-refractivity contribution in [2.75, 3.05) is 5.32 Å². The van der Waals surface area contributed by atoms with E-state index < -0.39 is 17.6 Å². The van der Waals surface area contributed by atoms with Crippen LogP contribution in [0.25, 0.3) is 11.1 Å². The maximum atomic E-state index is 12.2. The molecule has 2 aromatic carbocycles. The van der Waals surface area contributed by atoms with Crippen LogP contribution in [-0.2, 0) is 11.3 Å². The summed E-state index contributed by atoms with van der Waals surface area (Å²) in [4.78, 5) is 35.4. The molecule has 0 spiro atoms. The van der Waals surface area contributed by atoms with Crippen molar-refractivity contribution in [1.82, 2.24) is 4.57 Å². The van der Waals surface area contributed by atoms with Gasteiger partial charge in [0.15, 0.2) is 5.58 Å². The molecule has 1 heterocycles. The zero-order valence-electron chi connectivity index (χ0n) is 12.0. The summed E-state index contributed by atoms with van der Waals surface area (Å²) in [6.45, 7) is -0.233. The SMILES string of the molecule is NC(=O)c1ccccc1NC(=O)Cn1c(=O)oc2ccccc21. The average molecular weight is 311 g/mol. The number of primary amides is 1. The van der Waals surface area contributed by atoms with Crippen LogP contribution < -0.4 is 16.8 Å². The van der Waals surface area contributed by atoms with E-state index in [2.05, 4.69) is 5.32 Å². The molecule has 0 saturated heterocycles. The summed E-state index contributed by atoms with van der Waals surface area (Å²) >= 11 is 0. The quantitative estimate of drug-likeness (QED) is 0.757. The van der Waals surface area contributed by atoms with Crippen LogP contribution in [0.4, 0.5) is 5.69 Å². The van der Waals surface area contributed by atoms with E-state index in [-0.39, 0.29) is 12.1 Å². The molecule has 23 heavy (non-hydrogen) atoms. The third-order valence-electron chi connectivity index (χ3n) is 3.34. The molecule has 116 valence electrons. The highest BCUT2D eigenvalue weighted by molar-refractivity contribution is 6.03. The second-order valence-corrected chi connectivity index (χ2v) is 4.88. The second-order valence-electron chi connectivity index (χ2n) is 4.88. The van der Waals surface area contributed by atoms with Gasteiger partial charge in [0.05, 0.1) is 16.8 Å². The van der Waals surface area contributed by atoms with Crippen LogP contribution >= 0.6 is 0 Å². The molecule has 0 unspecified atom stereocenters. The fraction of sp³-hybridized carbons (Fsp3) is 0.0625. The van der Waals surface area contributed by atoms with Crippen molar-refractivity contribution in [3.63, 3.8) is 0 Å². The van der Waals surface area contributed by atoms with Crippen LogP contribution in [0.3, 0.4) is 0 Å². The van der Waals surface area contributed by atoms with Crippen molar-refractivity contribution in [2.24, 2.45) is 5.73 Å². The minimum absolute atomic E-state index is 0.199. The Hall–Kier alpha value is -3.35. The summed E-state index contributed by atoms with van der Waals surface area (Å²) < 4.78 is 6.29. The molecule has 0 saturated carbocycles. The summed E-state index contributed by atoms with van der Waals surface area (Å²) in [5, 5.41) is 2.58. The van der Waals surface area contributed by atoms with E-state index in [0.29, 0.717) is 16.8 Å². The van der Waals surface area contributed by atoms with Crippen LogP contribution in [0.1, 0.15) is 10.4 Å². The van der Waals surface area contributed by atoms with Crippen LogP contribution in [0, 0.1) is 0 Å². The van der Waals surface area contributed by atoms with Gasteiger partial charge >= 0.3 is 5.76 Å². The Morgan fingerprint density at radius 3 is 2.57 bits per heavy atom. The van der Waals surface area contributed by atoms with Gasteiger partial charge in [-0.25, -0.2) is 4.79 Å². The highest BCUT2D eigenvalue weighted by atomic mass is 16.4. The maximum Gasteiger partial charge on any atom is 0.420 e. The number of oxazole rings is 1. The van der Waals surface area contributed by atoms with Gasteiger partial charge in [0, 0.05) is 0 Å². The number of anilines is 1. The molecule has 1 aromatic heterocycles. The predicted octanol–water partition coefficient (Wildman–Crippen LogP) is 1.33. The van der Waals surface area contributed by atoms with Gasteiger partial charge in [-0.3, -0.25) is 14.2 Å². The number of para-hydroxylation sites is 3. The standard InChI is InChI=1S/C16H13N3O4/c17-15(21)10-5-1-2-6-11(10)18-14(20)9-19-12-7-3-4-8-13(12)23-16(19)22/h1-8H,9H2,(H2,17,21)(H,18,20). The average Bonchev–Trinajstić information content (AvgIpc) is 2.83. The van der Waals surface area contributed by atoms with Crippen molar-refractivity contribution >= 4 is 28.6 Å². The number of nitrogens with two attached hydrogens (primary N) is 1. The number of hydrogen-bond acceptors (Lipinski definition) is 4. The number of fused-ring (bicyclic) bond motifs is 1. The Morgan fingerprint density at radius 1 is 1.09 bits per heavy atom. The Bertz CT molecular complexity index is 955. The zero-order chi connectivity index (χ0) is 16.4. The largest absolute Gasteiger partial charge is 0.420 e. The van der Waals surface area contributed by atoms with Crippen molar-refractivity contribution < 1.29 is 14.0 Å². The van der Waals surface area contributed by atoms with Crippen LogP contribution in [-0.4, -0.2) is 16.4 Å². The number of carbonyl (C=O) groups is 2. The molecule has 0 atom stereocenters. The first kappa shape index (κ1) is 14.6. The van der Waals surface area contributed by atoms with Gasteiger partial charge in [-0.1, -0.05) is 24.3 Å². The fourth-order valence-corrected chi connectivity index (χ4v) is 2.30. The lowest BCUT2D eigenvalue weighted by Crippen LogP contribution is -2.26. The molecule has 0 fully saturated rings. The van der Waals surface area contributed by atoms with Crippen LogP contribution in [0.2, 0.25) is 0 Å². The molecule has 0 bridgehead atoms. The summed E-state index contributed by atoms with van der Waals surface area (Å²) in [6.07, 6.45) is 0. The minimum atomic E-state index is -0.646. The molecular formula is C16H13N3O4. The van der Waals surface area contributed by atoms with Gasteiger partial charge in [-0.15, -0.1) is 0 Å². The van der Waals surface area contributed by atoms with Gasteiger partial charge in [0.1, 0.15) is 6.54 Å². The summed E-state index contributed by atoms with van der Waals surface area (Å²) in [6, 6.07) is 13.2.